The van der Waals surface area contributed by atoms with E-state index in [1.165, 1.54) is 36.0 Å². The molecule has 0 bridgehead atoms. The Bertz CT molecular complexity index is 393. The predicted octanol–water partition coefficient (Wildman–Crippen LogP) is 3.65. The van der Waals surface area contributed by atoms with E-state index in [9.17, 15) is 0 Å². The van der Waals surface area contributed by atoms with Crippen LogP contribution in [0.3, 0.4) is 0 Å². The molecule has 0 aromatic heterocycles. The Balaban J connectivity index is 0.000000902. The monoisotopic (exact) mass is 366 g/mol. The zero-order chi connectivity index (χ0) is 11.7. The largest absolute Gasteiger partial charge is 0.314 e. The number of hydrogen-bond acceptors (Lipinski definition) is 2. The highest BCUT2D eigenvalue weighted by atomic mass is 79.9. The minimum absolute atomic E-state index is 0. The molecule has 108 valence electrons. The highest BCUT2D eigenvalue weighted by molar-refractivity contribution is 9.10. The van der Waals surface area contributed by atoms with Gasteiger partial charge >= 0.3 is 0 Å². The fraction of sp³-hybridized carbons (Fsp3) is 0.571. The van der Waals surface area contributed by atoms with Gasteiger partial charge in [0.2, 0.25) is 0 Å². The molecule has 5 heteroatoms. The third-order valence-electron chi connectivity index (χ3n) is 3.84. The molecule has 1 aliphatic heterocycles. The summed E-state index contributed by atoms with van der Waals surface area (Å²) in [7, 11) is 0. The van der Waals surface area contributed by atoms with Gasteiger partial charge < -0.3 is 5.32 Å². The molecule has 1 atom stereocenters. The summed E-state index contributed by atoms with van der Waals surface area (Å²) in [5.74, 6) is 0.881. The molecule has 19 heavy (non-hydrogen) atoms. The standard InChI is InChI=1S/C14H19BrN2.2ClH/c15-13-4-2-1-3-12(13)14(11-5-6-11)17-9-7-16-8-10-17;;/h1-4,11,14,16H,5-10H2;2*1H/t14-;;/m1../s1. The van der Waals surface area contributed by atoms with Gasteiger partial charge in [-0.15, -0.1) is 24.8 Å². The van der Waals surface area contributed by atoms with Crippen LogP contribution in [-0.2, 0) is 0 Å². The number of rotatable bonds is 3. The Morgan fingerprint density at radius 1 is 1.11 bits per heavy atom. The zero-order valence-corrected chi connectivity index (χ0v) is 14.1. The van der Waals surface area contributed by atoms with Crippen LogP contribution in [0, 0.1) is 5.92 Å². The molecule has 1 aromatic carbocycles. The van der Waals surface area contributed by atoms with Crippen LogP contribution < -0.4 is 5.32 Å². The first-order valence-corrected chi connectivity index (χ1v) is 7.35. The first-order chi connectivity index (χ1) is 8.36. The lowest BCUT2D eigenvalue weighted by Crippen LogP contribution is -2.45. The quantitative estimate of drug-likeness (QED) is 0.877. The summed E-state index contributed by atoms with van der Waals surface area (Å²) < 4.78 is 1.27. The van der Waals surface area contributed by atoms with Crippen molar-refractivity contribution < 1.29 is 0 Å². The minimum Gasteiger partial charge on any atom is -0.314 e. The maximum absolute atomic E-state index is 3.72. The van der Waals surface area contributed by atoms with Gasteiger partial charge in [0.25, 0.3) is 0 Å². The molecule has 1 saturated carbocycles. The number of nitrogens with one attached hydrogen (secondary N) is 1. The van der Waals surface area contributed by atoms with Gasteiger partial charge in [0.1, 0.15) is 0 Å². The Kier molecular flexibility index (Phi) is 7.12. The highest BCUT2D eigenvalue weighted by Gasteiger charge is 2.37. The summed E-state index contributed by atoms with van der Waals surface area (Å²) >= 11 is 3.72. The molecule has 1 N–H and O–H groups in total. The number of nitrogens with zero attached hydrogens (tertiary/aromatic N) is 1. The Labute approximate surface area is 136 Å². The molecule has 1 heterocycles. The number of hydrogen-bond donors (Lipinski definition) is 1. The molecule has 1 saturated heterocycles. The molecular weight excluding hydrogens is 347 g/mol. The van der Waals surface area contributed by atoms with Gasteiger partial charge in [-0.3, -0.25) is 4.90 Å². The van der Waals surface area contributed by atoms with Gasteiger partial charge in [0, 0.05) is 36.7 Å². The highest BCUT2D eigenvalue weighted by Crippen LogP contribution is 2.46. The van der Waals surface area contributed by atoms with Crippen LogP contribution >= 0.6 is 40.7 Å². The van der Waals surface area contributed by atoms with Crippen molar-refractivity contribution in [2.45, 2.75) is 18.9 Å². The second kappa shape index (κ2) is 7.84. The lowest BCUT2D eigenvalue weighted by Gasteiger charge is -2.36. The van der Waals surface area contributed by atoms with Crippen LogP contribution in [0.15, 0.2) is 28.7 Å². The minimum atomic E-state index is 0. The van der Waals surface area contributed by atoms with E-state index in [1.807, 2.05) is 0 Å². The molecule has 1 aromatic rings. The van der Waals surface area contributed by atoms with Gasteiger partial charge in [0.15, 0.2) is 0 Å². The average Bonchev–Trinajstić information content (AvgIpc) is 3.18. The molecule has 2 aliphatic rings. The van der Waals surface area contributed by atoms with Crippen molar-refractivity contribution in [1.29, 1.82) is 0 Å². The molecule has 2 nitrogen and oxygen atoms in total. The van der Waals surface area contributed by atoms with Crippen LogP contribution in [-0.4, -0.2) is 31.1 Å². The lowest BCUT2D eigenvalue weighted by molar-refractivity contribution is 0.155. The maximum atomic E-state index is 3.72. The fourth-order valence-electron chi connectivity index (χ4n) is 2.84. The van der Waals surface area contributed by atoms with Crippen molar-refractivity contribution in [2.24, 2.45) is 5.92 Å². The molecule has 3 rings (SSSR count). The van der Waals surface area contributed by atoms with Gasteiger partial charge in [-0.25, -0.2) is 0 Å². The van der Waals surface area contributed by atoms with E-state index in [4.69, 9.17) is 0 Å². The maximum Gasteiger partial charge on any atom is 0.0388 e. The van der Waals surface area contributed by atoms with Gasteiger partial charge in [0.05, 0.1) is 0 Å². The third-order valence-corrected chi connectivity index (χ3v) is 4.56. The van der Waals surface area contributed by atoms with Crippen molar-refractivity contribution in [1.82, 2.24) is 10.2 Å². The Morgan fingerprint density at radius 2 is 1.74 bits per heavy atom. The summed E-state index contributed by atoms with van der Waals surface area (Å²) in [6, 6.07) is 9.36. The predicted molar refractivity (Wildman–Crippen MR) is 88.5 cm³/mol. The molecule has 2 fully saturated rings. The summed E-state index contributed by atoms with van der Waals surface area (Å²) in [6.45, 7) is 4.63. The topological polar surface area (TPSA) is 15.3 Å². The molecule has 0 radical (unpaired) electrons. The van der Waals surface area contributed by atoms with E-state index in [2.05, 4.69) is 50.4 Å². The Morgan fingerprint density at radius 3 is 2.32 bits per heavy atom. The number of benzene rings is 1. The van der Waals surface area contributed by atoms with Crippen LogP contribution in [0.25, 0.3) is 0 Å². The summed E-state index contributed by atoms with van der Waals surface area (Å²) in [5.41, 5.74) is 1.48. The average molecular weight is 368 g/mol. The van der Waals surface area contributed by atoms with E-state index in [-0.39, 0.29) is 24.8 Å². The number of piperazine rings is 1. The molecule has 1 aliphatic carbocycles. The zero-order valence-electron chi connectivity index (χ0n) is 10.8. The van der Waals surface area contributed by atoms with E-state index in [1.54, 1.807) is 0 Å². The smallest absolute Gasteiger partial charge is 0.0388 e. The second-order valence-corrected chi connectivity index (χ2v) is 5.94. The van der Waals surface area contributed by atoms with Crippen molar-refractivity contribution in [2.75, 3.05) is 26.2 Å². The van der Waals surface area contributed by atoms with Crippen LogP contribution in [0.4, 0.5) is 0 Å². The van der Waals surface area contributed by atoms with Gasteiger partial charge in [-0.2, -0.15) is 0 Å². The van der Waals surface area contributed by atoms with Gasteiger partial charge in [-0.05, 0) is 30.4 Å². The lowest BCUT2D eigenvalue weighted by atomic mass is 10.00. The van der Waals surface area contributed by atoms with Crippen molar-refractivity contribution >= 4 is 40.7 Å². The third kappa shape index (κ3) is 4.08. The fourth-order valence-corrected chi connectivity index (χ4v) is 3.36. The number of halogens is 3. The SMILES string of the molecule is Brc1ccccc1[C@@H](C1CC1)N1CCNCC1.Cl.Cl. The molecule has 0 unspecified atom stereocenters. The van der Waals surface area contributed by atoms with E-state index < -0.39 is 0 Å². The normalized spacial score (nSPS) is 21.1. The van der Waals surface area contributed by atoms with E-state index in [0.717, 1.165) is 19.0 Å². The van der Waals surface area contributed by atoms with E-state index in [0.29, 0.717) is 6.04 Å². The first kappa shape index (κ1) is 17.3. The Hall–Kier alpha value is 0.200. The van der Waals surface area contributed by atoms with Crippen LogP contribution in [0.2, 0.25) is 0 Å². The van der Waals surface area contributed by atoms with Crippen molar-refractivity contribution in [3.8, 4) is 0 Å². The van der Waals surface area contributed by atoms with E-state index >= 15 is 0 Å². The summed E-state index contributed by atoms with van der Waals surface area (Å²) in [4.78, 5) is 2.66. The van der Waals surface area contributed by atoms with Gasteiger partial charge in [-0.1, -0.05) is 34.1 Å². The molecular formula is C14H21BrCl2N2. The van der Waals surface area contributed by atoms with Crippen LogP contribution in [0.1, 0.15) is 24.4 Å². The van der Waals surface area contributed by atoms with Crippen molar-refractivity contribution in [3.63, 3.8) is 0 Å². The first-order valence-electron chi connectivity index (χ1n) is 6.55. The van der Waals surface area contributed by atoms with Crippen LogP contribution in [0.5, 0.6) is 0 Å². The molecule has 0 spiro atoms. The van der Waals surface area contributed by atoms with Crippen molar-refractivity contribution in [3.05, 3.63) is 34.3 Å². The second-order valence-electron chi connectivity index (χ2n) is 5.09. The molecule has 0 amide bonds. The summed E-state index contributed by atoms with van der Waals surface area (Å²) in [5, 5.41) is 3.44. The summed E-state index contributed by atoms with van der Waals surface area (Å²) in [6.07, 6.45) is 2.80.